The van der Waals surface area contributed by atoms with Gasteiger partial charge in [0.1, 0.15) is 6.54 Å². The van der Waals surface area contributed by atoms with Gasteiger partial charge in [-0.15, -0.1) is 5.10 Å². The van der Waals surface area contributed by atoms with Crippen LogP contribution in [0.3, 0.4) is 0 Å². The number of urea groups is 1. The average Bonchev–Trinajstić information content (AvgIpc) is 3.45. The van der Waals surface area contributed by atoms with Gasteiger partial charge in [-0.2, -0.15) is 10.1 Å². The number of carbonyl (C=O) groups excluding carboxylic acids is 2. The van der Waals surface area contributed by atoms with Crippen molar-refractivity contribution in [3.05, 3.63) is 35.9 Å². The molecule has 2 N–H and O–H groups in total. The fourth-order valence-corrected chi connectivity index (χ4v) is 3.67. The molecule has 1 saturated carbocycles. The summed E-state index contributed by atoms with van der Waals surface area (Å²) >= 11 is 0. The number of nitrogens with two attached hydrogens (primary N) is 1. The third-order valence-electron chi connectivity index (χ3n) is 5.48. The van der Waals surface area contributed by atoms with Gasteiger partial charge in [0.2, 0.25) is 11.9 Å². The molecular weight excluding hydrogens is 386 g/mol. The number of nitrogens with zero attached hydrogens (tertiary/aromatic N) is 8. The molecular formula is C19H21N9O2. The van der Waals surface area contributed by atoms with Gasteiger partial charge in [-0.05, 0) is 30.4 Å². The number of imidazole rings is 1. The molecule has 4 heterocycles. The maximum atomic E-state index is 12.6. The number of carbonyl (C=O) groups is 2. The summed E-state index contributed by atoms with van der Waals surface area (Å²) in [7, 11) is 3.36. The number of hydrogen-bond donors (Lipinski definition) is 1. The minimum absolute atomic E-state index is 0.0209. The summed E-state index contributed by atoms with van der Waals surface area (Å²) in [6.45, 7) is 0.484. The minimum atomic E-state index is -0.334. The second-order valence-corrected chi connectivity index (χ2v) is 7.75. The van der Waals surface area contributed by atoms with Crippen molar-refractivity contribution >= 4 is 35.0 Å². The number of hydrogen-bond acceptors (Lipinski definition) is 8. The standard InChI is InChI=1S/C19H21N9O2/c1-25(15-6-21-24-18(20)23-15)8-13-9-27-7-12(11-3-4-11)5-14(17(27)22-13)28-10-16(29)26(2)19(28)30/h5-7,9,11H,3-4,8,10H2,1-2H3,(H2,20,23,24). The van der Waals surface area contributed by atoms with Gasteiger partial charge >= 0.3 is 6.03 Å². The predicted molar refractivity (Wildman–Crippen MR) is 109 cm³/mol. The second kappa shape index (κ2) is 6.65. The molecule has 11 heteroatoms. The lowest BCUT2D eigenvalue weighted by Crippen LogP contribution is -2.30. The fourth-order valence-electron chi connectivity index (χ4n) is 3.67. The van der Waals surface area contributed by atoms with Gasteiger partial charge in [-0.1, -0.05) is 0 Å². The topological polar surface area (TPSA) is 126 Å². The molecule has 2 aliphatic rings. The Kier molecular flexibility index (Phi) is 4.05. The van der Waals surface area contributed by atoms with Crippen molar-refractivity contribution in [2.24, 2.45) is 0 Å². The van der Waals surface area contributed by atoms with Crippen molar-refractivity contribution in [2.45, 2.75) is 25.3 Å². The van der Waals surface area contributed by atoms with E-state index in [0.717, 1.165) is 29.0 Å². The third kappa shape index (κ3) is 3.08. The van der Waals surface area contributed by atoms with Crippen LogP contribution in [0.5, 0.6) is 0 Å². The molecule has 0 bridgehead atoms. The Hall–Kier alpha value is -3.76. The van der Waals surface area contributed by atoms with Crippen LogP contribution < -0.4 is 15.5 Å². The van der Waals surface area contributed by atoms with E-state index in [-0.39, 0.29) is 24.4 Å². The Bertz CT molecular complexity index is 1170. The molecule has 1 aliphatic heterocycles. The molecule has 30 heavy (non-hydrogen) atoms. The Morgan fingerprint density at radius 2 is 2.03 bits per heavy atom. The predicted octanol–water partition coefficient (Wildman–Crippen LogP) is 1.01. The number of pyridine rings is 1. The zero-order valence-electron chi connectivity index (χ0n) is 16.7. The Balaban J connectivity index is 1.53. The van der Waals surface area contributed by atoms with Gasteiger partial charge < -0.3 is 15.0 Å². The molecule has 1 saturated heterocycles. The van der Waals surface area contributed by atoms with Crippen LogP contribution in [-0.2, 0) is 11.3 Å². The number of amides is 3. The maximum Gasteiger partial charge on any atom is 0.331 e. The molecule has 0 radical (unpaired) electrons. The molecule has 0 unspecified atom stereocenters. The van der Waals surface area contributed by atoms with Crippen LogP contribution in [0.4, 0.5) is 22.2 Å². The minimum Gasteiger partial charge on any atom is -0.366 e. The van der Waals surface area contributed by atoms with E-state index in [1.54, 1.807) is 0 Å². The summed E-state index contributed by atoms with van der Waals surface area (Å²) < 4.78 is 1.94. The van der Waals surface area contributed by atoms with Crippen molar-refractivity contribution in [1.29, 1.82) is 0 Å². The van der Waals surface area contributed by atoms with Gasteiger partial charge in [0.25, 0.3) is 0 Å². The average molecular weight is 407 g/mol. The molecule has 3 amide bonds. The van der Waals surface area contributed by atoms with Crippen LogP contribution in [0.1, 0.15) is 30.0 Å². The van der Waals surface area contributed by atoms with Crippen molar-refractivity contribution in [3.8, 4) is 0 Å². The number of nitrogen functional groups attached to an aromatic ring is 1. The number of likely N-dealkylation sites (N-methyl/N-ethyl adjacent to an activating group) is 1. The molecule has 3 aromatic rings. The first kappa shape index (κ1) is 18.3. The SMILES string of the molecule is CN1C(=O)CN(c2cc(C3CC3)cn3cc(CN(C)c4cnnc(N)n4)nc23)C1=O. The van der Waals surface area contributed by atoms with Gasteiger partial charge in [0.05, 0.1) is 24.1 Å². The Morgan fingerprint density at radius 1 is 1.23 bits per heavy atom. The smallest absolute Gasteiger partial charge is 0.331 e. The van der Waals surface area contributed by atoms with E-state index in [2.05, 4.69) is 21.4 Å². The van der Waals surface area contributed by atoms with Crippen molar-refractivity contribution in [2.75, 3.05) is 36.2 Å². The van der Waals surface area contributed by atoms with Gasteiger partial charge in [0.15, 0.2) is 11.5 Å². The zero-order chi connectivity index (χ0) is 21.0. The van der Waals surface area contributed by atoms with Crippen molar-refractivity contribution in [1.82, 2.24) is 29.5 Å². The van der Waals surface area contributed by atoms with Gasteiger partial charge in [-0.25, -0.2) is 9.78 Å². The first-order chi connectivity index (χ1) is 14.4. The van der Waals surface area contributed by atoms with Crippen LogP contribution in [-0.4, -0.2) is 62.0 Å². The van der Waals surface area contributed by atoms with Crippen molar-refractivity contribution < 1.29 is 9.59 Å². The van der Waals surface area contributed by atoms with Crippen LogP contribution >= 0.6 is 0 Å². The van der Waals surface area contributed by atoms with E-state index in [9.17, 15) is 9.59 Å². The van der Waals surface area contributed by atoms with Crippen LogP contribution in [0.25, 0.3) is 5.65 Å². The summed E-state index contributed by atoms with van der Waals surface area (Å²) in [6, 6.07) is 1.66. The van der Waals surface area contributed by atoms with E-state index >= 15 is 0 Å². The van der Waals surface area contributed by atoms with Gasteiger partial charge in [-0.3, -0.25) is 14.6 Å². The van der Waals surface area contributed by atoms with E-state index < -0.39 is 0 Å². The summed E-state index contributed by atoms with van der Waals surface area (Å²) in [4.78, 5) is 38.1. The highest BCUT2D eigenvalue weighted by Gasteiger charge is 2.36. The highest BCUT2D eigenvalue weighted by Crippen LogP contribution is 2.42. The zero-order valence-corrected chi connectivity index (χ0v) is 16.7. The number of anilines is 3. The summed E-state index contributed by atoms with van der Waals surface area (Å²) in [5, 5.41) is 7.50. The molecule has 5 rings (SSSR count). The Labute approximate surface area is 172 Å². The molecule has 3 aromatic heterocycles. The molecule has 0 spiro atoms. The van der Waals surface area contributed by atoms with Crippen LogP contribution in [0, 0.1) is 0 Å². The lowest BCUT2D eigenvalue weighted by Gasteiger charge is -2.17. The highest BCUT2D eigenvalue weighted by atomic mass is 16.2. The molecule has 0 aromatic carbocycles. The summed E-state index contributed by atoms with van der Waals surface area (Å²) in [5.74, 6) is 0.950. The lowest BCUT2D eigenvalue weighted by atomic mass is 10.1. The maximum absolute atomic E-state index is 12.6. The molecule has 0 atom stereocenters. The van der Waals surface area contributed by atoms with Crippen LogP contribution in [0.2, 0.25) is 0 Å². The van der Waals surface area contributed by atoms with Crippen LogP contribution in [0.15, 0.2) is 24.7 Å². The van der Waals surface area contributed by atoms with E-state index in [1.807, 2.05) is 28.6 Å². The number of imide groups is 1. The third-order valence-corrected chi connectivity index (χ3v) is 5.48. The second-order valence-electron chi connectivity index (χ2n) is 7.75. The summed E-state index contributed by atoms with van der Waals surface area (Å²) in [5.41, 5.74) is 8.86. The monoisotopic (exact) mass is 407 g/mol. The number of aromatic nitrogens is 5. The molecule has 154 valence electrons. The molecule has 2 fully saturated rings. The van der Waals surface area contributed by atoms with E-state index in [1.165, 1.54) is 18.1 Å². The molecule has 1 aliphatic carbocycles. The van der Waals surface area contributed by atoms with Crippen molar-refractivity contribution in [3.63, 3.8) is 0 Å². The van der Waals surface area contributed by atoms with E-state index in [4.69, 9.17) is 10.7 Å². The quantitative estimate of drug-likeness (QED) is 0.621. The number of rotatable bonds is 5. The summed E-state index contributed by atoms with van der Waals surface area (Å²) in [6.07, 6.45) is 7.79. The normalized spacial score (nSPS) is 16.7. The molecule has 11 nitrogen and oxygen atoms in total. The first-order valence-corrected chi connectivity index (χ1v) is 9.66. The number of fused-ring (bicyclic) bond motifs is 1. The van der Waals surface area contributed by atoms with E-state index in [0.29, 0.717) is 29.6 Å². The fraction of sp³-hybridized carbons (Fsp3) is 0.368. The highest BCUT2D eigenvalue weighted by molar-refractivity contribution is 6.13. The lowest BCUT2D eigenvalue weighted by molar-refractivity contribution is -0.123. The largest absolute Gasteiger partial charge is 0.366 e. The first-order valence-electron chi connectivity index (χ1n) is 9.66. The van der Waals surface area contributed by atoms with Gasteiger partial charge in [0, 0.05) is 26.5 Å². The Morgan fingerprint density at radius 3 is 2.70 bits per heavy atom.